The van der Waals surface area contributed by atoms with E-state index in [4.69, 9.17) is 0 Å². The molecular weight excluding hydrogens is 399 g/mol. The molecule has 0 bridgehead atoms. The highest BCUT2D eigenvalue weighted by molar-refractivity contribution is 7.21. The Morgan fingerprint density at radius 3 is 2.50 bits per heavy atom. The van der Waals surface area contributed by atoms with Gasteiger partial charge in [-0.25, -0.2) is 9.37 Å². The molecule has 3 heterocycles. The molecule has 1 aliphatic heterocycles. The third-order valence-electron chi connectivity index (χ3n) is 5.29. The fraction of sp³-hybridized carbons (Fsp3) is 0.174. The first kappa shape index (κ1) is 18.7. The zero-order valence-electron chi connectivity index (χ0n) is 16.2. The van der Waals surface area contributed by atoms with Crippen LogP contribution in [0.1, 0.15) is 10.4 Å². The zero-order chi connectivity index (χ0) is 20.5. The largest absolute Gasteiger partial charge is 0.366 e. The van der Waals surface area contributed by atoms with Crippen LogP contribution in [0.4, 0.5) is 10.1 Å². The summed E-state index contributed by atoms with van der Waals surface area (Å²) in [6.07, 6.45) is 1.69. The molecule has 0 saturated carbocycles. The number of fused-ring (bicyclic) bond motifs is 1. The van der Waals surface area contributed by atoms with Crippen LogP contribution in [0.15, 0.2) is 66.9 Å². The monoisotopic (exact) mass is 418 g/mol. The molecule has 1 aliphatic rings. The molecule has 0 radical (unpaired) electrons. The van der Waals surface area contributed by atoms with Gasteiger partial charge in [-0.3, -0.25) is 9.78 Å². The second-order valence-corrected chi connectivity index (χ2v) is 8.15. The molecule has 7 heteroatoms. The Morgan fingerprint density at radius 1 is 0.933 bits per heavy atom. The van der Waals surface area contributed by atoms with Crippen LogP contribution in [0.25, 0.3) is 20.9 Å². The lowest BCUT2D eigenvalue weighted by atomic mass is 10.1. The van der Waals surface area contributed by atoms with E-state index >= 15 is 0 Å². The summed E-state index contributed by atoms with van der Waals surface area (Å²) in [5.41, 5.74) is 2.65. The fourth-order valence-electron chi connectivity index (χ4n) is 3.75. The summed E-state index contributed by atoms with van der Waals surface area (Å²) in [7, 11) is 0. The number of hydrogen-bond donors (Lipinski definition) is 0. The van der Waals surface area contributed by atoms with Crippen molar-refractivity contribution in [1.82, 2.24) is 14.9 Å². The van der Waals surface area contributed by atoms with Crippen molar-refractivity contribution in [3.8, 4) is 10.7 Å². The third-order valence-corrected chi connectivity index (χ3v) is 6.34. The van der Waals surface area contributed by atoms with Crippen molar-refractivity contribution < 1.29 is 9.18 Å². The molecule has 1 fully saturated rings. The van der Waals surface area contributed by atoms with E-state index < -0.39 is 0 Å². The standard InChI is InChI=1S/C23H19FN4OS/c24-17-7-1-3-9-19(17)27-12-14-28(15-13-27)23(29)16-6-5-11-25-21(16)22-26-18-8-2-4-10-20(18)30-22/h1-11H,12-15H2. The van der Waals surface area contributed by atoms with Gasteiger partial charge in [0.1, 0.15) is 16.5 Å². The summed E-state index contributed by atoms with van der Waals surface area (Å²) in [6, 6.07) is 18.2. The van der Waals surface area contributed by atoms with Crippen LogP contribution in [0.2, 0.25) is 0 Å². The Kier molecular flexibility index (Phi) is 4.88. The van der Waals surface area contributed by atoms with E-state index in [0.717, 1.165) is 15.2 Å². The van der Waals surface area contributed by atoms with Crippen molar-refractivity contribution in [2.45, 2.75) is 0 Å². The van der Waals surface area contributed by atoms with E-state index in [1.165, 1.54) is 17.4 Å². The molecule has 30 heavy (non-hydrogen) atoms. The quantitative estimate of drug-likeness (QED) is 0.493. The molecule has 0 N–H and O–H groups in total. The highest BCUT2D eigenvalue weighted by Crippen LogP contribution is 2.31. The maximum atomic E-state index is 14.1. The Bertz CT molecular complexity index is 1180. The molecule has 5 rings (SSSR count). The lowest BCUT2D eigenvalue weighted by Gasteiger charge is -2.36. The van der Waals surface area contributed by atoms with Crippen molar-refractivity contribution >= 4 is 33.1 Å². The smallest absolute Gasteiger partial charge is 0.256 e. The number of aromatic nitrogens is 2. The highest BCUT2D eigenvalue weighted by Gasteiger charge is 2.26. The molecule has 2 aromatic carbocycles. The second-order valence-electron chi connectivity index (χ2n) is 7.12. The van der Waals surface area contributed by atoms with Crippen LogP contribution < -0.4 is 4.90 Å². The van der Waals surface area contributed by atoms with E-state index in [9.17, 15) is 9.18 Å². The molecule has 1 saturated heterocycles. The summed E-state index contributed by atoms with van der Waals surface area (Å²) < 4.78 is 15.2. The van der Waals surface area contributed by atoms with Crippen LogP contribution in [0, 0.1) is 5.82 Å². The second kappa shape index (κ2) is 7.84. The Morgan fingerprint density at radius 2 is 1.70 bits per heavy atom. The minimum Gasteiger partial charge on any atom is -0.366 e. The fourth-order valence-corrected chi connectivity index (χ4v) is 4.73. The number of para-hydroxylation sites is 2. The van der Waals surface area contributed by atoms with Crippen LogP contribution in [0.3, 0.4) is 0 Å². The van der Waals surface area contributed by atoms with E-state index in [-0.39, 0.29) is 11.7 Å². The maximum absolute atomic E-state index is 14.1. The first-order chi connectivity index (χ1) is 14.7. The molecule has 1 amide bonds. The van der Waals surface area contributed by atoms with Gasteiger partial charge >= 0.3 is 0 Å². The number of hydrogen-bond acceptors (Lipinski definition) is 5. The third kappa shape index (κ3) is 3.41. The van der Waals surface area contributed by atoms with Crippen molar-refractivity contribution in [3.63, 3.8) is 0 Å². The van der Waals surface area contributed by atoms with Gasteiger partial charge in [0.25, 0.3) is 5.91 Å². The number of carbonyl (C=O) groups is 1. The van der Waals surface area contributed by atoms with Crippen molar-refractivity contribution in [2.24, 2.45) is 0 Å². The molecular formula is C23H19FN4OS. The van der Waals surface area contributed by atoms with Gasteiger partial charge in [0.05, 0.1) is 21.5 Å². The Hall–Kier alpha value is -3.32. The lowest BCUT2D eigenvalue weighted by Crippen LogP contribution is -2.49. The molecule has 0 unspecified atom stereocenters. The van der Waals surface area contributed by atoms with Gasteiger partial charge in [0.2, 0.25) is 0 Å². The number of benzene rings is 2. The number of rotatable bonds is 3. The molecule has 5 nitrogen and oxygen atoms in total. The number of anilines is 1. The van der Waals surface area contributed by atoms with E-state index in [0.29, 0.717) is 43.1 Å². The van der Waals surface area contributed by atoms with E-state index in [1.54, 1.807) is 30.5 Å². The van der Waals surface area contributed by atoms with Gasteiger partial charge in [-0.15, -0.1) is 11.3 Å². The first-order valence-electron chi connectivity index (χ1n) is 9.80. The zero-order valence-corrected chi connectivity index (χ0v) is 17.0. The first-order valence-corrected chi connectivity index (χ1v) is 10.6. The van der Waals surface area contributed by atoms with Gasteiger partial charge in [-0.2, -0.15) is 0 Å². The van der Waals surface area contributed by atoms with Gasteiger partial charge < -0.3 is 9.80 Å². The normalized spacial score (nSPS) is 14.3. The number of pyridine rings is 1. The number of amides is 1. The SMILES string of the molecule is O=C(c1cccnc1-c1nc2ccccc2s1)N1CCN(c2ccccc2F)CC1. The summed E-state index contributed by atoms with van der Waals surface area (Å²) in [6.45, 7) is 2.23. The van der Waals surface area contributed by atoms with Crippen LogP contribution in [-0.2, 0) is 0 Å². The number of carbonyl (C=O) groups excluding carboxylic acids is 1. The van der Waals surface area contributed by atoms with Crippen molar-refractivity contribution in [1.29, 1.82) is 0 Å². The maximum Gasteiger partial charge on any atom is 0.256 e. The number of nitrogens with zero attached hydrogens (tertiary/aromatic N) is 4. The molecule has 0 aliphatic carbocycles. The van der Waals surface area contributed by atoms with Gasteiger partial charge in [0.15, 0.2) is 0 Å². The Labute approximate surface area is 177 Å². The molecule has 0 atom stereocenters. The lowest BCUT2D eigenvalue weighted by molar-refractivity contribution is 0.0747. The minimum atomic E-state index is -0.234. The average molecular weight is 418 g/mol. The number of thiazole rings is 1. The summed E-state index contributed by atoms with van der Waals surface area (Å²) in [4.78, 5) is 26.2. The van der Waals surface area contributed by atoms with Crippen molar-refractivity contribution in [3.05, 3.63) is 78.2 Å². The molecule has 4 aromatic rings. The number of piperazine rings is 1. The molecule has 2 aromatic heterocycles. The summed E-state index contributed by atoms with van der Waals surface area (Å²) in [5, 5.41) is 0.741. The van der Waals surface area contributed by atoms with Gasteiger partial charge in [0, 0.05) is 32.4 Å². The summed E-state index contributed by atoms with van der Waals surface area (Å²) >= 11 is 1.53. The van der Waals surface area contributed by atoms with Crippen LogP contribution in [0.5, 0.6) is 0 Å². The average Bonchev–Trinajstić information content (AvgIpc) is 3.23. The van der Waals surface area contributed by atoms with Crippen LogP contribution >= 0.6 is 11.3 Å². The van der Waals surface area contributed by atoms with Crippen LogP contribution in [-0.4, -0.2) is 47.0 Å². The topological polar surface area (TPSA) is 49.3 Å². The van der Waals surface area contributed by atoms with E-state index in [2.05, 4.69) is 9.97 Å². The van der Waals surface area contributed by atoms with Gasteiger partial charge in [-0.1, -0.05) is 24.3 Å². The summed E-state index contributed by atoms with van der Waals surface area (Å²) in [5.74, 6) is -0.298. The predicted molar refractivity (Wildman–Crippen MR) is 117 cm³/mol. The molecule has 150 valence electrons. The highest BCUT2D eigenvalue weighted by atomic mass is 32.1. The van der Waals surface area contributed by atoms with Crippen molar-refractivity contribution in [2.75, 3.05) is 31.1 Å². The molecule has 0 spiro atoms. The number of halogens is 1. The Balaban J connectivity index is 1.38. The van der Waals surface area contributed by atoms with E-state index in [1.807, 2.05) is 40.1 Å². The predicted octanol–water partition coefficient (Wildman–Crippen LogP) is 4.46. The minimum absolute atomic E-state index is 0.0643. The van der Waals surface area contributed by atoms with Gasteiger partial charge in [-0.05, 0) is 36.4 Å².